The van der Waals surface area contributed by atoms with Crippen molar-refractivity contribution in [3.05, 3.63) is 48.7 Å². The van der Waals surface area contributed by atoms with E-state index in [4.69, 9.17) is 0 Å². The topological polar surface area (TPSA) is 66.1 Å². The first-order valence-electron chi connectivity index (χ1n) is 6.32. The fraction of sp³-hybridized carbons (Fsp3) is 0.133. The standard InChI is InChI=1S/C15H13N3O3/c1-17-8-12(14(19)15(20)21-2)11-4-3-10(7-13(11)17)18-6-5-16-9-18/h3-9H,1-2H3. The summed E-state index contributed by atoms with van der Waals surface area (Å²) in [5.74, 6) is -1.50. The van der Waals surface area contributed by atoms with Crippen LogP contribution < -0.4 is 0 Å². The van der Waals surface area contributed by atoms with Crippen molar-refractivity contribution in [2.24, 2.45) is 7.05 Å². The fourth-order valence-corrected chi connectivity index (χ4v) is 2.33. The van der Waals surface area contributed by atoms with Crippen molar-refractivity contribution >= 4 is 22.7 Å². The van der Waals surface area contributed by atoms with Gasteiger partial charge in [0.05, 0.1) is 24.5 Å². The number of imidazole rings is 1. The number of Topliss-reactive ketones (excluding diaryl/α,β-unsaturated/α-hetero) is 1. The number of carbonyl (C=O) groups excluding carboxylic acids is 2. The number of ether oxygens (including phenoxy) is 1. The molecule has 0 radical (unpaired) electrons. The average Bonchev–Trinajstić information content (AvgIpc) is 3.14. The monoisotopic (exact) mass is 283 g/mol. The molecule has 0 aliphatic rings. The van der Waals surface area contributed by atoms with Gasteiger partial charge in [-0.3, -0.25) is 4.79 Å². The summed E-state index contributed by atoms with van der Waals surface area (Å²) < 4.78 is 8.18. The van der Waals surface area contributed by atoms with Gasteiger partial charge in [-0.25, -0.2) is 9.78 Å². The smallest absolute Gasteiger partial charge is 0.379 e. The molecule has 2 heterocycles. The lowest BCUT2D eigenvalue weighted by molar-refractivity contribution is -0.135. The van der Waals surface area contributed by atoms with Gasteiger partial charge in [0.15, 0.2) is 0 Å². The Bertz CT molecular complexity index is 831. The number of hydrogen-bond acceptors (Lipinski definition) is 4. The van der Waals surface area contributed by atoms with Gasteiger partial charge in [-0.05, 0) is 18.2 Å². The van der Waals surface area contributed by atoms with Crippen molar-refractivity contribution in [2.45, 2.75) is 0 Å². The SMILES string of the molecule is COC(=O)C(=O)c1cn(C)c2cc(-n3ccnc3)ccc12. The van der Waals surface area contributed by atoms with Gasteiger partial charge in [-0.2, -0.15) is 0 Å². The van der Waals surface area contributed by atoms with Crippen LogP contribution in [0.3, 0.4) is 0 Å². The number of hydrogen-bond donors (Lipinski definition) is 0. The maximum absolute atomic E-state index is 12.0. The Labute approximate surface area is 120 Å². The number of rotatable bonds is 3. The van der Waals surface area contributed by atoms with E-state index >= 15 is 0 Å². The maximum atomic E-state index is 12.0. The van der Waals surface area contributed by atoms with E-state index in [9.17, 15) is 9.59 Å². The van der Waals surface area contributed by atoms with E-state index < -0.39 is 11.8 Å². The van der Waals surface area contributed by atoms with Crippen LogP contribution in [-0.4, -0.2) is 33.0 Å². The normalized spacial score (nSPS) is 10.8. The summed E-state index contributed by atoms with van der Waals surface area (Å²) in [5.41, 5.74) is 2.13. The Morgan fingerprint density at radius 1 is 1.29 bits per heavy atom. The van der Waals surface area contributed by atoms with Crippen LogP contribution in [0.5, 0.6) is 0 Å². The van der Waals surface area contributed by atoms with Crippen molar-refractivity contribution in [1.29, 1.82) is 0 Å². The lowest BCUT2D eigenvalue weighted by atomic mass is 10.1. The van der Waals surface area contributed by atoms with Crippen molar-refractivity contribution in [3.63, 3.8) is 0 Å². The minimum atomic E-state index is -0.860. The molecule has 0 spiro atoms. The maximum Gasteiger partial charge on any atom is 0.379 e. The van der Waals surface area contributed by atoms with Crippen LogP contribution in [-0.2, 0) is 16.6 Å². The second-order valence-electron chi connectivity index (χ2n) is 4.65. The zero-order valence-corrected chi connectivity index (χ0v) is 11.6. The molecule has 0 aliphatic heterocycles. The highest BCUT2D eigenvalue weighted by Gasteiger charge is 2.21. The molecule has 106 valence electrons. The zero-order chi connectivity index (χ0) is 15.0. The molecule has 6 heteroatoms. The third-order valence-electron chi connectivity index (χ3n) is 3.39. The summed E-state index contributed by atoms with van der Waals surface area (Å²) in [6, 6.07) is 5.63. The van der Waals surface area contributed by atoms with Gasteiger partial charge in [0.25, 0.3) is 5.78 Å². The highest BCUT2D eigenvalue weighted by Crippen LogP contribution is 2.24. The molecule has 0 saturated heterocycles. The van der Waals surface area contributed by atoms with Gasteiger partial charge < -0.3 is 13.9 Å². The molecule has 3 aromatic rings. The van der Waals surface area contributed by atoms with Crippen LogP contribution in [0, 0.1) is 0 Å². The van der Waals surface area contributed by atoms with E-state index in [1.807, 2.05) is 40.6 Å². The molecule has 2 aromatic heterocycles. The third kappa shape index (κ3) is 2.10. The van der Waals surface area contributed by atoms with E-state index in [1.165, 1.54) is 7.11 Å². The van der Waals surface area contributed by atoms with E-state index in [-0.39, 0.29) is 0 Å². The molecule has 1 aromatic carbocycles. The minimum absolute atomic E-state index is 0.344. The Kier molecular flexibility index (Phi) is 3.06. The number of esters is 1. The number of methoxy groups -OCH3 is 1. The summed E-state index contributed by atoms with van der Waals surface area (Å²) in [4.78, 5) is 27.4. The highest BCUT2D eigenvalue weighted by atomic mass is 16.5. The van der Waals surface area contributed by atoms with E-state index in [0.717, 1.165) is 16.6 Å². The van der Waals surface area contributed by atoms with Gasteiger partial charge in [0, 0.05) is 36.7 Å². The Morgan fingerprint density at radius 2 is 2.10 bits per heavy atom. The Hall–Kier alpha value is -2.89. The number of benzene rings is 1. The van der Waals surface area contributed by atoms with Crippen LogP contribution in [0.1, 0.15) is 10.4 Å². The van der Waals surface area contributed by atoms with Crippen LogP contribution in [0.15, 0.2) is 43.1 Å². The highest BCUT2D eigenvalue weighted by molar-refractivity contribution is 6.43. The first-order valence-corrected chi connectivity index (χ1v) is 6.32. The summed E-state index contributed by atoms with van der Waals surface area (Å²) in [6.45, 7) is 0. The van der Waals surface area contributed by atoms with Crippen molar-refractivity contribution in [1.82, 2.24) is 14.1 Å². The van der Waals surface area contributed by atoms with Gasteiger partial charge >= 0.3 is 5.97 Å². The lowest BCUT2D eigenvalue weighted by Crippen LogP contribution is -2.15. The summed E-state index contributed by atoms with van der Waals surface area (Å²) in [5, 5.41) is 0.719. The van der Waals surface area contributed by atoms with Crippen LogP contribution in [0.2, 0.25) is 0 Å². The van der Waals surface area contributed by atoms with E-state index in [2.05, 4.69) is 9.72 Å². The molecule has 0 aliphatic carbocycles. The molecule has 0 saturated carbocycles. The summed E-state index contributed by atoms with van der Waals surface area (Å²) >= 11 is 0. The molecular weight excluding hydrogens is 270 g/mol. The van der Waals surface area contributed by atoms with Crippen LogP contribution in [0.4, 0.5) is 0 Å². The third-order valence-corrected chi connectivity index (χ3v) is 3.39. The Balaban J connectivity index is 2.15. The van der Waals surface area contributed by atoms with Gasteiger partial charge in [0.1, 0.15) is 0 Å². The second kappa shape index (κ2) is 4.90. The predicted molar refractivity (Wildman–Crippen MR) is 76.4 cm³/mol. The molecule has 0 N–H and O–H groups in total. The molecule has 0 atom stereocenters. The summed E-state index contributed by atoms with van der Waals surface area (Å²) in [7, 11) is 3.02. The largest absolute Gasteiger partial charge is 0.463 e. The van der Waals surface area contributed by atoms with Crippen molar-refractivity contribution in [2.75, 3.05) is 7.11 Å². The fourth-order valence-electron chi connectivity index (χ4n) is 2.33. The van der Waals surface area contributed by atoms with Crippen molar-refractivity contribution in [3.8, 4) is 5.69 Å². The number of fused-ring (bicyclic) bond motifs is 1. The number of carbonyl (C=O) groups is 2. The first kappa shape index (κ1) is 13.1. The molecular formula is C15H13N3O3. The molecule has 0 bridgehead atoms. The molecule has 0 unspecified atom stereocenters. The molecule has 0 fully saturated rings. The number of aromatic nitrogens is 3. The zero-order valence-electron chi connectivity index (χ0n) is 11.6. The molecule has 3 rings (SSSR count). The second-order valence-corrected chi connectivity index (χ2v) is 4.65. The molecule has 0 amide bonds. The van der Waals surface area contributed by atoms with Crippen LogP contribution >= 0.6 is 0 Å². The number of nitrogens with zero attached hydrogens (tertiary/aromatic N) is 3. The van der Waals surface area contributed by atoms with Gasteiger partial charge in [-0.15, -0.1) is 0 Å². The van der Waals surface area contributed by atoms with Crippen molar-refractivity contribution < 1.29 is 14.3 Å². The van der Waals surface area contributed by atoms with E-state index in [1.54, 1.807) is 18.7 Å². The molecule has 6 nitrogen and oxygen atoms in total. The predicted octanol–water partition coefficient (Wildman–Crippen LogP) is 1.72. The first-order chi connectivity index (χ1) is 10.1. The average molecular weight is 283 g/mol. The number of ketones is 1. The minimum Gasteiger partial charge on any atom is -0.463 e. The lowest BCUT2D eigenvalue weighted by Gasteiger charge is -2.03. The summed E-state index contributed by atoms with van der Waals surface area (Å²) in [6.07, 6.45) is 6.87. The van der Waals surface area contributed by atoms with Gasteiger partial charge in [0.2, 0.25) is 0 Å². The van der Waals surface area contributed by atoms with E-state index in [0.29, 0.717) is 5.56 Å². The van der Waals surface area contributed by atoms with Gasteiger partial charge in [-0.1, -0.05) is 0 Å². The quantitative estimate of drug-likeness (QED) is 0.417. The molecule has 21 heavy (non-hydrogen) atoms. The van der Waals surface area contributed by atoms with Crippen LogP contribution in [0.25, 0.3) is 16.6 Å². The number of aryl methyl sites for hydroxylation is 1. The Morgan fingerprint density at radius 3 is 2.76 bits per heavy atom.